The molecule has 0 aliphatic carbocycles. The van der Waals surface area contributed by atoms with Crippen LogP contribution in [0.15, 0.2) is 12.1 Å². The van der Waals surface area contributed by atoms with E-state index in [2.05, 4.69) is 4.98 Å². The number of aromatic hydroxyl groups is 1. The normalized spacial score (nSPS) is 9.64. The molecule has 1 rings (SSSR count). The Morgan fingerprint density at radius 2 is 2.36 bits per heavy atom. The van der Waals surface area contributed by atoms with Crippen LogP contribution >= 0.6 is 11.6 Å². The molecule has 0 aromatic carbocycles. The average Bonchev–Trinajstić information content (AvgIpc) is 2.05. The van der Waals surface area contributed by atoms with Crippen LogP contribution in [-0.2, 0) is 5.88 Å². The molecule has 0 aliphatic heterocycles. The van der Waals surface area contributed by atoms with Gasteiger partial charge in [-0.15, -0.1) is 11.6 Å². The summed E-state index contributed by atoms with van der Waals surface area (Å²) in [5, 5.41) is 9.13. The van der Waals surface area contributed by atoms with Crippen LogP contribution in [0.1, 0.15) is 5.69 Å². The highest BCUT2D eigenvalue weighted by Crippen LogP contribution is 2.19. The number of methoxy groups -OCH3 is 1. The van der Waals surface area contributed by atoms with Crippen LogP contribution in [0.3, 0.4) is 0 Å². The van der Waals surface area contributed by atoms with Crippen molar-refractivity contribution in [3.8, 4) is 11.6 Å². The second-order valence-electron chi connectivity index (χ2n) is 1.95. The van der Waals surface area contributed by atoms with Gasteiger partial charge in [0.1, 0.15) is 11.4 Å². The second-order valence-corrected chi connectivity index (χ2v) is 2.22. The van der Waals surface area contributed by atoms with Crippen molar-refractivity contribution >= 4 is 11.6 Å². The summed E-state index contributed by atoms with van der Waals surface area (Å²) in [6, 6.07) is 3.08. The summed E-state index contributed by atoms with van der Waals surface area (Å²) in [4.78, 5) is 3.91. The van der Waals surface area contributed by atoms with E-state index in [-0.39, 0.29) is 11.6 Å². The fraction of sp³-hybridized carbons (Fsp3) is 0.286. The van der Waals surface area contributed by atoms with E-state index in [0.717, 1.165) is 0 Å². The van der Waals surface area contributed by atoms with E-state index in [9.17, 15) is 0 Å². The monoisotopic (exact) mass is 173 g/mol. The predicted octanol–water partition coefficient (Wildman–Crippen LogP) is 1.53. The molecule has 0 saturated heterocycles. The molecular weight excluding hydrogens is 166 g/mol. The third-order valence-electron chi connectivity index (χ3n) is 1.26. The Balaban J connectivity index is 3.02. The number of hydrogen-bond acceptors (Lipinski definition) is 3. The van der Waals surface area contributed by atoms with Gasteiger partial charge in [-0.05, 0) is 6.07 Å². The summed E-state index contributed by atoms with van der Waals surface area (Å²) in [5.41, 5.74) is 0.436. The largest absolute Gasteiger partial charge is 0.506 e. The lowest BCUT2D eigenvalue weighted by atomic mass is 10.3. The molecule has 0 aliphatic rings. The average molecular weight is 174 g/mol. The number of halogens is 1. The first kappa shape index (κ1) is 8.14. The van der Waals surface area contributed by atoms with E-state index in [0.29, 0.717) is 11.6 Å². The summed E-state index contributed by atoms with van der Waals surface area (Å²) >= 11 is 5.48. The maximum atomic E-state index is 9.13. The van der Waals surface area contributed by atoms with Crippen LogP contribution < -0.4 is 4.74 Å². The van der Waals surface area contributed by atoms with Crippen LogP contribution in [0.25, 0.3) is 0 Å². The quantitative estimate of drug-likeness (QED) is 0.690. The first-order valence-corrected chi connectivity index (χ1v) is 3.60. The molecular formula is C7H8ClNO2. The van der Waals surface area contributed by atoms with E-state index in [4.69, 9.17) is 21.4 Å². The number of alkyl halides is 1. The summed E-state index contributed by atoms with van der Waals surface area (Å²) in [5.74, 6) is 0.738. The van der Waals surface area contributed by atoms with Crippen molar-refractivity contribution < 1.29 is 9.84 Å². The number of ether oxygens (including phenoxy) is 1. The van der Waals surface area contributed by atoms with Gasteiger partial charge in [0.25, 0.3) is 0 Å². The Labute approximate surface area is 69.6 Å². The fourth-order valence-corrected chi connectivity index (χ4v) is 0.883. The third kappa shape index (κ3) is 1.74. The molecule has 0 bridgehead atoms. The van der Waals surface area contributed by atoms with E-state index in [1.54, 1.807) is 6.07 Å². The van der Waals surface area contributed by atoms with Gasteiger partial charge in [0.2, 0.25) is 5.88 Å². The number of hydrogen-bond donors (Lipinski definition) is 1. The lowest BCUT2D eigenvalue weighted by Crippen LogP contribution is -1.91. The smallest absolute Gasteiger partial charge is 0.213 e. The molecule has 0 radical (unpaired) electrons. The van der Waals surface area contributed by atoms with Crippen LogP contribution in [0.2, 0.25) is 0 Å². The summed E-state index contributed by atoms with van der Waals surface area (Å²) < 4.78 is 4.83. The molecule has 4 heteroatoms. The Morgan fingerprint density at radius 1 is 1.64 bits per heavy atom. The van der Waals surface area contributed by atoms with Crippen molar-refractivity contribution in [3.63, 3.8) is 0 Å². The Kier molecular flexibility index (Phi) is 2.54. The molecule has 60 valence electrons. The third-order valence-corrected chi connectivity index (χ3v) is 1.51. The minimum atomic E-state index is 0.0980. The zero-order chi connectivity index (χ0) is 8.27. The molecule has 0 spiro atoms. The lowest BCUT2D eigenvalue weighted by molar-refractivity contribution is 0.392. The number of pyridine rings is 1. The van der Waals surface area contributed by atoms with Crippen molar-refractivity contribution in [2.24, 2.45) is 0 Å². The zero-order valence-corrected chi connectivity index (χ0v) is 6.80. The molecule has 0 atom stereocenters. The van der Waals surface area contributed by atoms with Crippen LogP contribution in [-0.4, -0.2) is 17.2 Å². The van der Waals surface area contributed by atoms with Crippen LogP contribution in [0, 0.1) is 0 Å². The predicted molar refractivity (Wildman–Crippen MR) is 42.0 cm³/mol. The van der Waals surface area contributed by atoms with Gasteiger partial charge in [0.15, 0.2) is 0 Å². The molecule has 1 aromatic heterocycles. The van der Waals surface area contributed by atoms with Gasteiger partial charge in [-0.25, -0.2) is 4.98 Å². The van der Waals surface area contributed by atoms with Gasteiger partial charge in [-0.3, -0.25) is 0 Å². The Morgan fingerprint density at radius 3 is 2.91 bits per heavy atom. The van der Waals surface area contributed by atoms with Crippen molar-refractivity contribution in [2.45, 2.75) is 5.88 Å². The highest BCUT2D eigenvalue weighted by molar-refractivity contribution is 6.17. The minimum Gasteiger partial charge on any atom is -0.506 e. The molecule has 0 saturated carbocycles. The topological polar surface area (TPSA) is 42.4 Å². The summed E-state index contributed by atoms with van der Waals surface area (Å²) in [7, 11) is 1.51. The highest BCUT2D eigenvalue weighted by atomic mass is 35.5. The maximum Gasteiger partial charge on any atom is 0.213 e. The van der Waals surface area contributed by atoms with Crippen molar-refractivity contribution in [1.29, 1.82) is 0 Å². The number of aromatic nitrogens is 1. The van der Waals surface area contributed by atoms with E-state index in [1.807, 2.05) is 0 Å². The van der Waals surface area contributed by atoms with Gasteiger partial charge in [-0.2, -0.15) is 0 Å². The first-order chi connectivity index (χ1) is 5.27. The molecule has 0 unspecified atom stereocenters. The van der Waals surface area contributed by atoms with Gasteiger partial charge in [0, 0.05) is 6.07 Å². The van der Waals surface area contributed by atoms with Crippen molar-refractivity contribution in [1.82, 2.24) is 4.98 Å². The standard InChI is InChI=1S/C7H8ClNO2/c1-11-7-3-2-6(10)5(4-8)9-7/h2-3,10H,4H2,1H3. The van der Waals surface area contributed by atoms with Gasteiger partial charge in [-0.1, -0.05) is 0 Å². The molecule has 1 aromatic rings. The molecule has 0 amide bonds. The van der Waals surface area contributed by atoms with E-state index < -0.39 is 0 Å². The van der Waals surface area contributed by atoms with Crippen molar-refractivity contribution in [3.05, 3.63) is 17.8 Å². The lowest BCUT2D eigenvalue weighted by Gasteiger charge is -2.01. The SMILES string of the molecule is COc1ccc(O)c(CCl)n1. The number of nitrogens with zero attached hydrogens (tertiary/aromatic N) is 1. The van der Waals surface area contributed by atoms with E-state index >= 15 is 0 Å². The van der Waals surface area contributed by atoms with E-state index in [1.165, 1.54) is 13.2 Å². The molecule has 0 fully saturated rings. The van der Waals surface area contributed by atoms with Crippen molar-refractivity contribution in [2.75, 3.05) is 7.11 Å². The fourth-order valence-electron chi connectivity index (χ4n) is 0.686. The molecule has 11 heavy (non-hydrogen) atoms. The van der Waals surface area contributed by atoms with Gasteiger partial charge < -0.3 is 9.84 Å². The molecule has 3 nitrogen and oxygen atoms in total. The van der Waals surface area contributed by atoms with Gasteiger partial charge in [0.05, 0.1) is 13.0 Å². The Bertz CT molecular complexity index is 252. The van der Waals surface area contributed by atoms with Crippen LogP contribution in [0.4, 0.5) is 0 Å². The number of rotatable bonds is 2. The first-order valence-electron chi connectivity index (χ1n) is 3.06. The van der Waals surface area contributed by atoms with Gasteiger partial charge >= 0.3 is 0 Å². The molecule has 1 N–H and O–H groups in total. The molecule has 1 heterocycles. The second kappa shape index (κ2) is 3.44. The summed E-state index contributed by atoms with van der Waals surface area (Å²) in [6.07, 6.45) is 0. The maximum absolute atomic E-state index is 9.13. The minimum absolute atomic E-state index is 0.0980. The van der Waals surface area contributed by atoms with Crippen LogP contribution in [0.5, 0.6) is 11.6 Å². The summed E-state index contributed by atoms with van der Waals surface area (Å²) in [6.45, 7) is 0. The Hall–Kier alpha value is -0.960. The highest BCUT2D eigenvalue weighted by Gasteiger charge is 2.02. The zero-order valence-electron chi connectivity index (χ0n) is 6.04.